The molecule has 160 valence electrons. The first-order valence-corrected chi connectivity index (χ1v) is 11.0. The number of amides is 2. The van der Waals surface area contributed by atoms with Gasteiger partial charge in [0.05, 0.1) is 5.52 Å². The number of pyridine rings is 1. The van der Waals surface area contributed by atoms with E-state index in [1.54, 1.807) is 13.8 Å². The van der Waals surface area contributed by atoms with E-state index >= 15 is 0 Å². The molecular formula is C26H29N3O2. The Balaban J connectivity index is 1.54. The Kier molecular flexibility index (Phi) is 6.03. The van der Waals surface area contributed by atoms with Gasteiger partial charge >= 0.3 is 0 Å². The van der Waals surface area contributed by atoms with Crippen LogP contribution in [0, 0.1) is 5.92 Å². The summed E-state index contributed by atoms with van der Waals surface area (Å²) in [6.07, 6.45) is 5.08. The molecule has 1 aromatic heterocycles. The lowest BCUT2D eigenvalue weighted by Gasteiger charge is -2.26. The lowest BCUT2D eigenvalue weighted by molar-refractivity contribution is -0.129. The Morgan fingerprint density at radius 1 is 1.00 bits per heavy atom. The van der Waals surface area contributed by atoms with Crippen molar-refractivity contribution in [3.05, 3.63) is 60.7 Å². The maximum atomic E-state index is 13.0. The Bertz CT molecular complexity index is 1090. The van der Waals surface area contributed by atoms with Gasteiger partial charge in [-0.3, -0.25) is 9.59 Å². The van der Waals surface area contributed by atoms with Crippen LogP contribution < -0.4 is 10.6 Å². The van der Waals surface area contributed by atoms with Crippen molar-refractivity contribution in [1.82, 2.24) is 10.3 Å². The molecule has 1 aliphatic rings. The van der Waals surface area contributed by atoms with Gasteiger partial charge in [0, 0.05) is 11.8 Å². The number of benzene rings is 2. The van der Waals surface area contributed by atoms with E-state index < -0.39 is 5.54 Å². The fourth-order valence-electron chi connectivity index (χ4n) is 4.30. The predicted molar refractivity (Wildman–Crippen MR) is 125 cm³/mol. The third kappa shape index (κ3) is 4.93. The number of nitrogens with zero attached hydrogens (tertiary/aromatic N) is 1. The van der Waals surface area contributed by atoms with Crippen LogP contribution in [0.4, 0.5) is 5.82 Å². The van der Waals surface area contributed by atoms with Crippen molar-refractivity contribution in [2.24, 2.45) is 5.92 Å². The minimum absolute atomic E-state index is 0.0662. The fraction of sp³-hybridized carbons (Fsp3) is 0.346. The number of fused-ring (bicyclic) bond motifs is 1. The molecule has 2 N–H and O–H groups in total. The minimum atomic E-state index is -1.03. The predicted octanol–water partition coefficient (Wildman–Crippen LogP) is 5.32. The quantitative estimate of drug-likeness (QED) is 0.573. The van der Waals surface area contributed by atoms with Crippen LogP contribution in [0.3, 0.4) is 0 Å². The molecule has 1 aliphatic carbocycles. The highest BCUT2D eigenvalue weighted by molar-refractivity contribution is 6.02. The van der Waals surface area contributed by atoms with Crippen LogP contribution in [0.5, 0.6) is 0 Å². The first-order chi connectivity index (χ1) is 14.9. The Morgan fingerprint density at radius 3 is 2.42 bits per heavy atom. The van der Waals surface area contributed by atoms with Gasteiger partial charge in [0.15, 0.2) is 0 Å². The normalized spacial score (nSPS) is 14.5. The monoisotopic (exact) mass is 415 g/mol. The topological polar surface area (TPSA) is 71.1 Å². The number of para-hydroxylation sites is 1. The second kappa shape index (κ2) is 8.88. The Hall–Kier alpha value is -3.21. The summed E-state index contributed by atoms with van der Waals surface area (Å²) in [5.74, 6) is 0.563. The molecule has 1 saturated carbocycles. The van der Waals surface area contributed by atoms with E-state index in [0.717, 1.165) is 34.9 Å². The van der Waals surface area contributed by atoms with Crippen molar-refractivity contribution in [2.75, 3.05) is 5.32 Å². The number of carbonyl (C=O) groups is 2. The minimum Gasteiger partial charge on any atom is -0.342 e. The zero-order valence-electron chi connectivity index (χ0n) is 18.2. The van der Waals surface area contributed by atoms with Gasteiger partial charge in [-0.05, 0) is 55.9 Å². The van der Waals surface area contributed by atoms with Gasteiger partial charge in [0.25, 0.3) is 5.91 Å². The maximum Gasteiger partial charge on any atom is 0.250 e. The van der Waals surface area contributed by atoms with Gasteiger partial charge < -0.3 is 10.6 Å². The van der Waals surface area contributed by atoms with Gasteiger partial charge in [-0.1, -0.05) is 61.4 Å². The number of aromatic nitrogens is 1. The van der Waals surface area contributed by atoms with Gasteiger partial charge in [-0.2, -0.15) is 0 Å². The third-order valence-corrected chi connectivity index (χ3v) is 6.01. The summed E-state index contributed by atoms with van der Waals surface area (Å²) in [5, 5.41) is 6.85. The molecule has 5 nitrogen and oxygen atoms in total. The van der Waals surface area contributed by atoms with Gasteiger partial charge in [-0.15, -0.1) is 0 Å². The molecule has 1 fully saturated rings. The SMILES string of the molecule is CC(C)(NC(=O)CC1CCCC1)C(=O)Nc1cc(-c2ccccc2)c2ccccc2n1. The molecule has 1 heterocycles. The Labute approximate surface area is 183 Å². The van der Waals surface area contributed by atoms with Crippen LogP contribution >= 0.6 is 0 Å². The molecule has 31 heavy (non-hydrogen) atoms. The lowest BCUT2D eigenvalue weighted by Crippen LogP contribution is -2.52. The van der Waals surface area contributed by atoms with Crippen molar-refractivity contribution in [3.8, 4) is 11.1 Å². The smallest absolute Gasteiger partial charge is 0.250 e. The van der Waals surface area contributed by atoms with Gasteiger partial charge in [-0.25, -0.2) is 4.98 Å². The highest BCUT2D eigenvalue weighted by Gasteiger charge is 2.31. The standard InChI is InChI=1S/C26H29N3O2/c1-26(2,29-24(30)16-18-10-6-7-11-18)25(31)28-23-17-21(19-12-4-3-5-13-19)20-14-8-9-15-22(20)27-23/h3-5,8-9,12-15,17-18H,6-7,10-11,16H2,1-2H3,(H,29,30)(H,27,28,31). The van der Waals surface area contributed by atoms with Crippen molar-refractivity contribution in [1.29, 1.82) is 0 Å². The molecule has 0 unspecified atom stereocenters. The van der Waals surface area contributed by atoms with E-state index in [1.165, 1.54) is 12.8 Å². The summed E-state index contributed by atoms with van der Waals surface area (Å²) in [6, 6.07) is 19.8. The molecule has 0 atom stereocenters. The molecule has 3 aromatic rings. The average Bonchev–Trinajstić information content (AvgIpc) is 3.26. The molecule has 0 radical (unpaired) electrons. The second-order valence-corrected chi connectivity index (χ2v) is 8.92. The molecule has 2 aromatic carbocycles. The van der Waals surface area contributed by atoms with E-state index in [1.807, 2.05) is 60.7 Å². The van der Waals surface area contributed by atoms with Crippen LogP contribution in [0.1, 0.15) is 46.0 Å². The van der Waals surface area contributed by atoms with Crippen LogP contribution in [-0.2, 0) is 9.59 Å². The molecule has 5 heteroatoms. The van der Waals surface area contributed by atoms with E-state index in [0.29, 0.717) is 18.2 Å². The van der Waals surface area contributed by atoms with Crippen molar-refractivity contribution < 1.29 is 9.59 Å². The Morgan fingerprint density at radius 2 is 1.68 bits per heavy atom. The summed E-state index contributed by atoms with van der Waals surface area (Å²) < 4.78 is 0. The number of hydrogen-bond acceptors (Lipinski definition) is 3. The average molecular weight is 416 g/mol. The number of nitrogens with one attached hydrogen (secondary N) is 2. The van der Waals surface area contributed by atoms with E-state index in [9.17, 15) is 9.59 Å². The highest BCUT2D eigenvalue weighted by Crippen LogP contribution is 2.30. The molecule has 0 saturated heterocycles. The van der Waals surface area contributed by atoms with Crippen molar-refractivity contribution in [2.45, 2.75) is 51.5 Å². The van der Waals surface area contributed by atoms with E-state index in [4.69, 9.17) is 0 Å². The van der Waals surface area contributed by atoms with Crippen LogP contribution in [0.15, 0.2) is 60.7 Å². The van der Waals surface area contributed by atoms with Crippen molar-refractivity contribution >= 4 is 28.5 Å². The van der Waals surface area contributed by atoms with Crippen LogP contribution in [-0.4, -0.2) is 22.3 Å². The first kappa shape index (κ1) is 21.0. The number of anilines is 1. The molecule has 0 aliphatic heterocycles. The summed E-state index contributed by atoms with van der Waals surface area (Å²) >= 11 is 0. The summed E-state index contributed by atoms with van der Waals surface area (Å²) in [5.41, 5.74) is 1.84. The molecular weight excluding hydrogens is 386 g/mol. The first-order valence-electron chi connectivity index (χ1n) is 11.0. The van der Waals surface area contributed by atoms with Gasteiger partial charge in [0.1, 0.15) is 11.4 Å². The number of carbonyl (C=O) groups excluding carboxylic acids is 2. The summed E-state index contributed by atoms with van der Waals surface area (Å²) in [7, 11) is 0. The van der Waals surface area contributed by atoms with Gasteiger partial charge in [0.2, 0.25) is 5.91 Å². The zero-order chi connectivity index (χ0) is 21.8. The number of hydrogen-bond donors (Lipinski definition) is 2. The van der Waals surface area contributed by atoms with Crippen LogP contribution in [0.2, 0.25) is 0 Å². The number of rotatable bonds is 6. The summed E-state index contributed by atoms with van der Waals surface area (Å²) in [4.78, 5) is 30.1. The van der Waals surface area contributed by atoms with Crippen molar-refractivity contribution in [3.63, 3.8) is 0 Å². The van der Waals surface area contributed by atoms with E-state index in [2.05, 4.69) is 15.6 Å². The lowest BCUT2D eigenvalue weighted by atomic mass is 9.99. The highest BCUT2D eigenvalue weighted by atomic mass is 16.2. The molecule has 2 amide bonds. The summed E-state index contributed by atoms with van der Waals surface area (Å²) in [6.45, 7) is 3.46. The molecule has 0 spiro atoms. The molecule has 4 rings (SSSR count). The van der Waals surface area contributed by atoms with E-state index in [-0.39, 0.29) is 11.8 Å². The maximum absolute atomic E-state index is 13.0. The fourth-order valence-corrected chi connectivity index (χ4v) is 4.30. The third-order valence-electron chi connectivity index (χ3n) is 6.01. The van der Waals surface area contributed by atoms with Crippen LogP contribution in [0.25, 0.3) is 22.0 Å². The molecule has 0 bridgehead atoms. The second-order valence-electron chi connectivity index (χ2n) is 8.92. The zero-order valence-corrected chi connectivity index (χ0v) is 18.2. The largest absolute Gasteiger partial charge is 0.342 e.